The fourth-order valence-corrected chi connectivity index (χ4v) is 6.75. The molecule has 0 bridgehead atoms. The summed E-state index contributed by atoms with van der Waals surface area (Å²) in [4.78, 5) is 13.5. The number of aliphatic hydroxyl groups excluding tert-OH is 2. The van der Waals surface area contributed by atoms with Gasteiger partial charge < -0.3 is 25.8 Å². The summed E-state index contributed by atoms with van der Waals surface area (Å²) < 4.78 is 1.94. The Bertz CT molecular complexity index is 1460. The molecule has 3 aliphatic rings. The van der Waals surface area contributed by atoms with Crippen LogP contribution in [0.1, 0.15) is 55.7 Å². The van der Waals surface area contributed by atoms with E-state index in [1.165, 1.54) is 48.5 Å². The van der Waals surface area contributed by atoms with Gasteiger partial charge in [0.15, 0.2) is 0 Å². The maximum absolute atomic E-state index is 10.9. The Morgan fingerprint density at radius 2 is 1.95 bits per heavy atom. The molecule has 3 aromatic heterocycles. The van der Waals surface area contributed by atoms with Crippen LogP contribution in [0.4, 0.5) is 11.6 Å². The van der Waals surface area contributed by atoms with E-state index in [0.29, 0.717) is 23.9 Å². The van der Waals surface area contributed by atoms with Crippen molar-refractivity contribution in [3.63, 3.8) is 0 Å². The Morgan fingerprint density at radius 1 is 1.05 bits per heavy atom. The Labute approximate surface area is 215 Å². The molecule has 1 aromatic carbocycles. The van der Waals surface area contributed by atoms with E-state index in [-0.39, 0.29) is 12.0 Å². The normalized spacial score (nSPS) is 27.8. The number of nitrogens with one attached hydrogen (secondary N) is 1. The van der Waals surface area contributed by atoms with E-state index >= 15 is 0 Å². The fraction of sp³-hybridized carbons (Fsp3) is 0.483. The maximum atomic E-state index is 10.9. The Hall–Kier alpha value is -3.23. The third-order valence-electron chi connectivity index (χ3n) is 9.20. The van der Waals surface area contributed by atoms with Crippen LogP contribution >= 0.6 is 0 Å². The average Bonchev–Trinajstić information content (AvgIpc) is 3.42. The molecule has 1 aliphatic heterocycles. The molecule has 37 heavy (non-hydrogen) atoms. The van der Waals surface area contributed by atoms with Crippen LogP contribution < -0.4 is 11.1 Å². The number of rotatable bonds is 5. The topological polar surface area (TPSA) is 122 Å². The standard InChI is InChI=1S/C29H34N6O2/c30-27-21-10-11-35(29(21)32-15-31-27)24-14-19(25(36)26(24)37)7-5-16-4-6-18-13-20-8-9-22(17-2-1-3-17)33-28(20)34-23(18)12-16/h4,6,10-13,15,17,19,22,24-26,36-37H,1-3,5,7-9,14H2,(H,33,34)(H2,30,31,32)/t19-,22-,24+,25+,26-/m0/s1. The summed E-state index contributed by atoms with van der Waals surface area (Å²) in [6, 6.07) is 11.0. The van der Waals surface area contributed by atoms with E-state index in [2.05, 4.69) is 39.6 Å². The minimum atomic E-state index is -0.851. The monoisotopic (exact) mass is 498 g/mol. The van der Waals surface area contributed by atoms with Crippen molar-refractivity contribution in [2.24, 2.45) is 11.8 Å². The first-order valence-electron chi connectivity index (χ1n) is 13.7. The van der Waals surface area contributed by atoms with Crippen molar-refractivity contribution < 1.29 is 10.2 Å². The molecule has 4 heterocycles. The molecule has 8 nitrogen and oxygen atoms in total. The van der Waals surface area contributed by atoms with Gasteiger partial charge in [-0.3, -0.25) is 0 Å². The van der Waals surface area contributed by atoms with E-state index in [9.17, 15) is 10.2 Å². The number of benzene rings is 1. The largest absolute Gasteiger partial charge is 0.390 e. The van der Waals surface area contributed by atoms with Gasteiger partial charge >= 0.3 is 0 Å². The first-order valence-corrected chi connectivity index (χ1v) is 13.7. The van der Waals surface area contributed by atoms with Gasteiger partial charge in [-0.2, -0.15) is 0 Å². The summed E-state index contributed by atoms with van der Waals surface area (Å²) >= 11 is 0. The number of nitrogens with zero attached hydrogens (tertiary/aromatic N) is 4. The molecule has 0 unspecified atom stereocenters. The predicted molar refractivity (Wildman–Crippen MR) is 144 cm³/mol. The van der Waals surface area contributed by atoms with Crippen LogP contribution in [0.5, 0.6) is 0 Å². The van der Waals surface area contributed by atoms with E-state index in [0.717, 1.165) is 41.9 Å². The van der Waals surface area contributed by atoms with Crippen LogP contribution in [0.2, 0.25) is 0 Å². The molecular formula is C29H34N6O2. The van der Waals surface area contributed by atoms with E-state index in [4.69, 9.17) is 10.7 Å². The summed E-state index contributed by atoms with van der Waals surface area (Å²) in [7, 11) is 0. The molecule has 5 N–H and O–H groups in total. The molecule has 2 fully saturated rings. The van der Waals surface area contributed by atoms with Crippen LogP contribution in [0.15, 0.2) is 42.9 Å². The van der Waals surface area contributed by atoms with Crippen LogP contribution in [0.3, 0.4) is 0 Å². The smallest absolute Gasteiger partial charge is 0.145 e. The van der Waals surface area contributed by atoms with Crippen molar-refractivity contribution in [1.82, 2.24) is 19.5 Å². The molecule has 0 spiro atoms. The second kappa shape index (κ2) is 8.96. The van der Waals surface area contributed by atoms with Crippen molar-refractivity contribution in [2.75, 3.05) is 11.1 Å². The van der Waals surface area contributed by atoms with Crippen molar-refractivity contribution in [1.29, 1.82) is 0 Å². The third-order valence-corrected chi connectivity index (χ3v) is 9.20. The number of anilines is 2. The van der Waals surface area contributed by atoms with Gasteiger partial charge in [0, 0.05) is 17.6 Å². The number of hydrogen-bond acceptors (Lipinski definition) is 7. The summed E-state index contributed by atoms with van der Waals surface area (Å²) in [5.41, 5.74) is 10.3. The summed E-state index contributed by atoms with van der Waals surface area (Å²) in [5, 5.41) is 27.5. The van der Waals surface area contributed by atoms with Crippen LogP contribution in [-0.4, -0.2) is 48.0 Å². The van der Waals surface area contributed by atoms with Gasteiger partial charge in [-0.05, 0) is 86.1 Å². The first kappa shape index (κ1) is 22.9. The summed E-state index contributed by atoms with van der Waals surface area (Å²) in [5.74, 6) is 2.29. The maximum Gasteiger partial charge on any atom is 0.145 e. The zero-order valence-electron chi connectivity index (χ0n) is 20.9. The number of nitrogen functional groups attached to an aromatic ring is 1. The highest BCUT2D eigenvalue weighted by atomic mass is 16.3. The number of pyridine rings is 1. The van der Waals surface area contributed by atoms with Gasteiger partial charge in [-0.15, -0.1) is 0 Å². The SMILES string of the molecule is Nc1ncnc2c1ccn2[C@@H]1C[C@H](CCc2ccc3cc4c(nc3c2)N[C@H](C2CCC2)CC4)[C@@H](O)[C@H]1O. The van der Waals surface area contributed by atoms with Crippen molar-refractivity contribution >= 4 is 33.6 Å². The van der Waals surface area contributed by atoms with Crippen LogP contribution in [0.25, 0.3) is 21.9 Å². The lowest BCUT2D eigenvalue weighted by atomic mass is 9.77. The highest BCUT2D eigenvalue weighted by molar-refractivity contribution is 5.86. The number of fused-ring (bicyclic) bond motifs is 3. The van der Waals surface area contributed by atoms with Crippen molar-refractivity contribution in [3.05, 3.63) is 54.0 Å². The molecule has 8 heteroatoms. The quantitative estimate of drug-likeness (QED) is 0.328. The number of hydrogen-bond donors (Lipinski definition) is 4. The first-order chi connectivity index (χ1) is 18.0. The number of aryl methyl sites for hydroxylation is 2. The molecule has 4 aromatic rings. The van der Waals surface area contributed by atoms with Crippen LogP contribution in [-0.2, 0) is 12.8 Å². The molecule has 5 atom stereocenters. The number of aromatic nitrogens is 4. The Balaban J connectivity index is 1.07. The molecule has 0 amide bonds. The highest BCUT2D eigenvalue weighted by Gasteiger charge is 2.42. The Kier molecular flexibility index (Phi) is 5.55. The lowest BCUT2D eigenvalue weighted by Gasteiger charge is -2.37. The molecule has 2 saturated carbocycles. The molecule has 0 saturated heterocycles. The van der Waals surface area contributed by atoms with Gasteiger partial charge in [-0.25, -0.2) is 15.0 Å². The zero-order valence-corrected chi connectivity index (χ0v) is 20.9. The number of nitrogens with two attached hydrogens (primary N) is 1. The molecule has 192 valence electrons. The predicted octanol–water partition coefficient (Wildman–Crippen LogP) is 4.00. The Morgan fingerprint density at radius 3 is 2.78 bits per heavy atom. The van der Waals surface area contributed by atoms with Gasteiger partial charge in [0.05, 0.1) is 23.0 Å². The summed E-state index contributed by atoms with van der Waals surface area (Å²) in [6.07, 6.45) is 10.4. The van der Waals surface area contributed by atoms with Crippen LogP contribution in [0, 0.1) is 11.8 Å². The van der Waals surface area contributed by atoms with Gasteiger partial charge in [0.2, 0.25) is 0 Å². The fourth-order valence-electron chi connectivity index (χ4n) is 6.75. The highest BCUT2D eigenvalue weighted by Crippen LogP contribution is 2.40. The molecule has 2 aliphatic carbocycles. The van der Waals surface area contributed by atoms with E-state index < -0.39 is 12.2 Å². The molecule has 0 radical (unpaired) electrons. The number of aliphatic hydroxyl groups is 2. The zero-order chi connectivity index (χ0) is 25.1. The van der Waals surface area contributed by atoms with E-state index in [1.807, 2.05) is 16.8 Å². The molecule has 7 rings (SSSR count). The van der Waals surface area contributed by atoms with Gasteiger partial charge in [-0.1, -0.05) is 18.6 Å². The van der Waals surface area contributed by atoms with Gasteiger partial charge in [0.1, 0.15) is 29.7 Å². The minimum Gasteiger partial charge on any atom is -0.390 e. The van der Waals surface area contributed by atoms with E-state index in [1.54, 1.807) is 0 Å². The van der Waals surface area contributed by atoms with Gasteiger partial charge in [0.25, 0.3) is 0 Å². The lowest BCUT2D eigenvalue weighted by Crippen LogP contribution is -2.37. The lowest BCUT2D eigenvalue weighted by molar-refractivity contribution is 0.00545. The summed E-state index contributed by atoms with van der Waals surface area (Å²) in [6.45, 7) is 0. The third kappa shape index (κ3) is 3.94. The average molecular weight is 499 g/mol. The van der Waals surface area contributed by atoms with Crippen molar-refractivity contribution in [2.45, 2.75) is 75.7 Å². The molecular weight excluding hydrogens is 464 g/mol. The second-order valence-electron chi connectivity index (χ2n) is 11.3. The van der Waals surface area contributed by atoms with Crippen molar-refractivity contribution in [3.8, 4) is 0 Å². The second-order valence-corrected chi connectivity index (χ2v) is 11.3. The minimum absolute atomic E-state index is 0.00581.